The van der Waals surface area contributed by atoms with Gasteiger partial charge < -0.3 is 14.4 Å². The SMILES string of the molecule is COc1cccc2c1OC1(CC[NH+](C)CC1)N1N=C(c3ccc(Cl)cc3)C[C@@H]21. The summed E-state index contributed by atoms with van der Waals surface area (Å²) in [5.74, 6) is 1.70. The van der Waals surface area contributed by atoms with Crippen LogP contribution in [0.2, 0.25) is 5.02 Å². The second kappa shape index (κ2) is 6.68. The van der Waals surface area contributed by atoms with Crippen molar-refractivity contribution in [2.24, 2.45) is 5.10 Å². The van der Waals surface area contributed by atoms with Gasteiger partial charge in [-0.25, -0.2) is 5.01 Å². The Bertz CT molecular complexity index is 920. The highest BCUT2D eigenvalue weighted by Gasteiger charge is 2.53. The minimum Gasteiger partial charge on any atom is -0.493 e. The smallest absolute Gasteiger partial charge is 0.209 e. The third-order valence-corrected chi connectivity index (χ3v) is 6.52. The molecule has 1 spiro atoms. The number of hydrazone groups is 1. The fraction of sp³-hybridized carbons (Fsp3) is 0.409. The number of nitrogens with one attached hydrogen (secondary N) is 1. The molecule has 6 heteroatoms. The van der Waals surface area contributed by atoms with Crippen molar-refractivity contribution in [3.63, 3.8) is 0 Å². The number of para-hydroxylation sites is 1. The van der Waals surface area contributed by atoms with Crippen molar-refractivity contribution in [1.29, 1.82) is 0 Å². The minimum absolute atomic E-state index is 0.169. The van der Waals surface area contributed by atoms with E-state index in [-0.39, 0.29) is 6.04 Å². The van der Waals surface area contributed by atoms with E-state index in [2.05, 4.69) is 30.3 Å². The number of halogens is 1. The summed E-state index contributed by atoms with van der Waals surface area (Å²) in [7, 11) is 3.95. The molecular weight excluding hydrogens is 374 g/mol. The van der Waals surface area contributed by atoms with Gasteiger partial charge in [0.2, 0.25) is 5.72 Å². The third kappa shape index (κ3) is 2.76. The van der Waals surface area contributed by atoms with Crippen LogP contribution in [0.3, 0.4) is 0 Å². The molecule has 0 aromatic heterocycles. The number of piperidine rings is 1. The summed E-state index contributed by atoms with van der Waals surface area (Å²) in [6, 6.07) is 14.3. The molecule has 1 N–H and O–H groups in total. The number of fused-ring (bicyclic) bond motifs is 4. The van der Waals surface area contributed by atoms with Crippen LogP contribution in [0.5, 0.6) is 11.5 Å². The van der Waals surface area contributed by atoms with Crippen molar-refractivity contribution >= 4 is 17.3 Å². The number of ether oxygens (including phenoxy) is 2. The van der Waals surface area contributed by atoms with E-state index in [9.17, 15) is 0 Å². The van der Waals surface area contributed by atoms with Crippen LogP contribution in [0, 0.1) is 0 Å². The van der Waals surface area contributed by atoms with Crippen molar-refractivity contribution in [3.8, 4) is 11.5 Å². The van der Waals surface area contributed by atoms with E-state index in [0.717, 1.165) is 65.7 Å². The summed E-state index contributed by atoms with van der Waals surface area (Å²) >= 11 is 6.08. The van der Waals surface area contributed by atoms with Crippen LogP contribution in [0.25, 0.3) is 0 Å². The molecule has 1 atom stereocenters. The molecule has 5 rings (SSSR count). The summed E-state index contributed by atoms with van der Waals surface area (Å²) in [6.07, 6.45) is 2.75. The predicted octanol–water partition coefficient (Wildman–Crippen LogP) is 2.90. The molecule has 0 aliphatic carbocycles. The number of methoxy groups -OCH3 is 1. The normalized spacial score (nSPS) is 28.4. The van der Waals surface area contributed by atoms with Crippen LogP contribution >= 0.6 is 11.6 Å². The van der Waals surface area contributed by atoms with Crippen LogP contribution in [0.4, 0.5) is 0 Å². The van der Waals surface area contributed by atoms with Crippen molar-refractivity contribution < 1.29 is 14.4 Å². The topological polar surface area (TPSA) is 38.5 Å². The molecule has 3 heterocycles. The molecule has 3 aliphatic rings. The zero-order chi connectivity index (χ0) is 19.3. The van der Waals surface area contributed by atoms with E-state index in [1.165, 1.54) is 4.90 Å². The lowest BCUT2D eigenvalue weighted by molar-refractivity contribution is -0.888. The summed E-state index contributed by atoms with van der Waals surface area (Å²) in [5, 5.41) is 8.08. The quantitative estimate of drug-likeness (QED) is 0.845. The van der Waals surface area contributed by atoms with Gasteiger partial charge in [-0.05, 0) is 23.8 Å². The number of quaternary nitrogens is 1. The summed E-state index contributed by atoms with van der Waals surface area (Å²) < 4.78 is 12.3. The predicted molar refractivity (Wildman–Crippen MR) is 109 cm³/mol. The third-order valence-electron chi connectivity index (χ3n) is 6.27. The van der Waals surface area contributed by atoms with E-state index in [1.54, 1.807) is 7.11 Å². The summed E-state index contributed by atoms with van der Waals surface area (Å²) in [4.78, 5) is 1.54. The lowest BCUT2D eigenvalue weighted by atomic mass is 9.90. The first-order valence-corrected chi connectivity index (χ1v) is 10.3. The molecule has 0 unspecified atom stereocenters. The number of nitrogens with zero attached hydrogens (tertiary/aromatic N) is 2. The zero-order valence-electron chi connectivity index (χ0n) is 16.2. The Hall–Kier alpha value is -2.24. The molecule has 0 amide bonds. The van der Waals surface area contributed by atoms with Gasteiger partial charge in [0.05, 0.1) is 51.8 Å². The van der Waals surface area contributed by atoms with Crippen molar-refractivity contribution in [2.45, 2.75) is 31.0 Å². The van der Waals surface area contributed by atoms with Crippen LogP contribution in [0.1, 0.15) is 36.4 Å². The van der Waals surface area contributed by atoms with Crippen LogP contribution in [0.15, 0.2) is 47.6 Å². The highest BCUT2D eigenvalue weighted by molar-refractivity contribution is 6.30. The highest BCUT2D eigenvalue weighted by atomic mass is 35.5. The molecule has 2 aromatic rings. The van der Waals surface area contributed by atoms with Gasteiger partial charge in [-0.3, -0.25) is 0 Å². The summed E-state index contributed by atoms with van der Waals surface area (Å²) in [6.45, 7) is 2.14. The van der Waals surface area contributed by atoms with E-state index >= 15 is 0 Å². The molecule has 28 heavy (non-hydrogen) atoms. The van der Waals surface area contributed by atoms with Gasteiger partial charge in [0.25, 0.3) is 0 Å². The van der Waals surface area contributed by atoms with Crippen LogP contribution < -0.4 is 14.4 Å². The number of hydrogen-bond donors (Lipinski definition) is 1. The molecule has 1 saturated heterocycles. The molecule has 146 valence electrons. The van der Waals surface area contributed by atoms with Crippen molar-refractivity contribution in [3.05, 3.63) is 58.6 Å². The fourth-order valence-corrected chi connectivity index (χ4v) is 4.77. The van der Waals surface area contributed by atoms with Gasteiger partial charge in [-0.2, -0.15) is 5.10 Å². The van der Waals surface area contributed by atoms with Gasteiger partial charge in [0.15, 0.2) is 11.5 Å². The Morgan fingerprint density at radius 2 is 1.93 bits per heavy atom. The second-order valence-corrected chi connectivity index (χ2v) is 8.44. The highest BCUT2D eigenvalue weighted by Crippen LogP contribution is 2.52. The minimum atomic E-state index is -0.403. The number of rotatable bonds is 2. The van der Waals surface area contributed by atoms with Crippen molar-refractivity contribution in [1.82, 2.24) is 5.01 Å². The first-order valence-electron chi connectivity index (χ1n) is 9.90. The molecule has 5 nitrogen and oxygen atoms in total. The standard InChI is InChI=1S/C22H24ClN3O2/c1-25-12-10-22(11-13-25)26-19(17-4-3-5-20(27-2)21(17)28-22)14-18(24-26)15-6-8-16(23)9-7-15/h3-9,19H,10-14H2,1-2H3/p+1/t19-/m0/s1. The Kier molecular flexibility index (Phi) is 4.25. The molecule has 1 fully saturated rings. The number of benzene rings is 2. The van der Waals surface area contributed by atoms with Gasteiger partial charge in [0, 0.05) is 17.0 Å². The van der Waals surface area contributed by atoms with Crippen LogP contribution in [-0.2, 0) is 0 Å². The maximum atomic E-state index is 6.71. The molecular formula is C22H25ClN3O2+. The maximum absolute atomic E-state index is 6.71. The average Bonchev–Trinajstić information content (AvgIpc) is 3.17. The second-order valence-electron chi connectivity index (χ2n) is 8.00. The zero-order valence-corrected chi connectivity index (χ0v) is 17.0. The largest absolute Gasteiger partial charge is 0.493 e. The number of likely N-dealkylation sites (tertiary alicyclic amines) is 1. The average molecular weight is 399 g/mol. The van der Waals surface area contributed by atoms with E-state index in [4.69, 9.17) is 26.2 Å². The Morgan fingerprint density at radius 3 is 2.64 bits per heavy atom. The van der Waals surface area contributed by atoms with E-state index < -0.39 is 5.72 Å². The summed E-state index contributed by atoms with van der Waals surface area (Å²) in [5.41, 5.74) is 2.97. The van der Waals surface area contributed by atoms with Gasteiger partial charge in [-0.1, -0.05) is 35.9 Å². The maximum Gasteiger partial charge on any atom is 0.209 e. The van der Waals surface area contributed by atoms with E-state index in [1.807, 2.05) is 24.3 Å². The first-order chi connectivity index (χ1) is 13.6. The fourth-order valence-electron chi connectivity index (χ4n) is 4.65. The monoisotopic (exact) mass is 398 g/mol. The molecule has 2 aromatic carbocycles. The van der Waals surface area contributed by atoms with Crippen molar-refractivity contribution in [2.75, 3.05) is 27.2 Å². The lowest BCUT2D eigenvalue weighted by Crippen LogP contribution is -3.11. The Morgan fingerprint density at radius 1 is 1.18 bits per heavy atom. The molecule has 0 bridgehead atoms. The Balaban J connectivity index is 1.60. The first kappa shape index (κ1) is 17.8. The molecule has 3 aliphatic heterocycles. The number of hydrogen-bond acceptors (Lipinski definition) is 4. The van der Waals surface area contributed by atoms with Crippen LogP contribution in [-0.4, -0.2) is 43.7 Å². The van der Waals surface area contributed by atoms with E-state index in [0.29, 0.717) is 0 Å². The molecule has 0 saturated carbocycles. The lowest BCUT2D eigenvalue weighted by Gasteiger charge is -2.49. The van der Waals surface area contributed by atoms with Gasteiger partial charge in [0.1, 0.15) is 0 Å². The van der Waals surface area contributed by atoms with Gasteiger partial charge >= 0.3 is 0 Å². The molecule has 0 radical (unpaired) electrons. The van der Waals surface area contributed by atoms with Gasteiger partial charge in [-0.15, -0.1) is 0 Å². The Labute approximate surface area is 170 Å².